The number of carbonyl (C=O) groups excluding carboxylic acids is 2. The van der Waals surface area contributed by atoms with Gasteiger partial charge in [0.1, 0.15) is 11.6 Å². The number of hydrogen-bond acceptors (Lipinski definition) is 4. The third-order valence-corrected chi connectivity index (χ3v) is 2.02. The monoisotopic (exact) mass is 214 g/mol. The second kappa shape index (κ2) is 3.87. The molecular weight excluding hydrogens is 208 g/mol. The van der Waals surface area contributed by atoms with E-state index in [-0.39, 0.29) is 11.3 Å². The Labute approximate surface area is 90.9 Å². The predicted molar refractivity (Wildman–Crippen MR) is 53.6 cm³/mol. The normalized spacial score (nSPS) is 17.4. The van der Waals surface area contributed by atoms with Crippen molar-refractivity contribution in [2.45, 2.75) is 0 Å². The van der Waals surface area contributed by atoms with E-state index in [9.17, 15) is 9.59 Å². The maximum Gasteiger partial charge on any atom is 0.419 e. The van der Waals surface area contributed by atoms with Crippen LogP contribution in [0.1, 0.15) is 5.56 Å². The van der Waals surface area contributed by atoms with Crippen LogP contribution < -0.4 is 5.32 Å². The number of cyclic esters (lactones) is 1. The first-order valence-corrected chi connectivity index (χ1v) is 4.45. The minimum Gasteiger partial charge on any atom is -0.403 e. The molecule has 0 saturated carbocycles. The van der Waals surface area contributed by atoms with E-state index in [1.165, 1.54) is 0 Å². The first-order chi connectivity index (χ1) is 7.72. The maximum atomic E-state index is 11.3. The molecule has 5 heteroatoms. The van der Waals surface area contributed by atoms with Crippen LogP contribution in [-0.4, -0.2) is 12.0 Å². The van der Waals surface area contributed by atoms with Gasteiger partial charge < -0.3 is 4.74 Å². The van der Waals surface area contributed by atoms with E-state index in [1.54, 1.807) is 30.3 Å². The maximum absolute atomic E-state index is 11.3. The molecule has 1 heterocycles. The van der Waals surface area contributed by atoms with Crippen molar-refractivity contribution in [3.05, 3.63) is 41.7 Å². The Morgan fingerprint density at radius 1 is 1.25 bits per heavy atom. The van der Waals surface area contributed by atoms with Crippen LogP contribution in [-0.2, 0) is 9.53 Å². The van der Waals surface area contributed by atoms with Crippen LogP contribution in [0.3, 0.4) is 0 Å². The lowest BCUT2D eigenvalue weighted by Gasteiger charge is -1.99. The Bertz CT molecular complexity index is 526. The number of nitrogens with zero attached hydrogens (tertiary/aromatic N) is 1. The largest absolute Gasteiger partial charge is 0.419 e. The van der Waals surface area contributed by atoms with Crippen molar-refractivity contribution in [2.24, 2.45) is 0 Å². The molecule has 78 valence electrons. The van der Waals surface area contributed by atoms with Crippen molar-refractivity contribution in [1.29, 1.82) is 5.26 Å². The van der Waals surface area contributed by atoms with Gasteiger partial charge in [0.2, 0.25) is 5.76 Å². The lowest BCUT2D eigenvalue weighted by atomic mass is 10.1. The van der Waals surface area contributed by atoms with E-state index in [0.29, 0.717) is 5.56 Å². The summed E-state index contributed by atoms with van der Waals surface area (Å²) in [5.74, 6) is -0.941. The number of ether oxygens (including phenoxy) is 1. The molecule has 0 spiro atoms. The molecule has 2 rings (SSSR count). The molecule has 1 aromatic rings. The summed E-state index contributed by atoms with van der Waals surface area (Å²) in [7, 11) is 0. The Morgan fingerprint density at radius 2 is 1.94 bits per heavy atom. The summed E-state index contributed by atoms with van der Waals surface area (Å²) >= 11 is 0. The zero-order chi connectivity index (χ0) is 11.5. The minimum absolute atomic E-state index is 0.0453. The Morgan fingerprint density at radius 3 is 2.44 bits per heavy atom. The Balaban J connectivity index is 2.52. The van der Waals surface area contributed by atoms with Gasteiger partial charge in [-0.2, -0.15) is 5.26 Å². The van der Waals surface area contributed by atoms with Gasteiger partial charge in [0, 0.05) is 0 Å². The second-order valence-electron chi connectivity index (χ2n) is 3.03. The lowest BCUT2D eigenvalue weighted by Crippen LogP contribution is -2.18. The molecule has 5 nitrogen and oxygen atoms in total. The summed E-state index contributed by atoms with van der Waals surface area (Å²) in [5, 5.41) is 10.9. The highest BCUT2D eigenvalue weighted by molar-refractivity contribution is 6.13. The molecule has 16 heavy (non-hydrogen) atoms. The molecule has 0 aliphatic carbocycles. The molecule has 1 fully saturated rings. The van der Waals surface area contributed by atoms with E-state index in [1.807, 2.05) is 11.4 Å². The van der Waals surface area contributed by atoms with Crippen LogP contribution >= 0.6 is 0 Å². The predicted octanol–water partition coefficient (Wildman–Crippen LogP) is 1.19. The van der Waals surface area contributed by atoms with Gasteiger partial charge in [0.25, 0.3) is 5.91 Å². The third-order valence-electron chi connectivity index (χ3n) is 2.02. The molecule has 0 atom stereocenters. The van der Waals surface area contributed by atoms with Gasteiger partial charge >= 0.3 is 6.09 Å². The number of benzene rings is 1. The second-order valence-corrected chi connectivity index (χ2v) is 3.03. The van der Waals surface area contributed by atoms with Crippen molar-refractivity contribution in [3.63, 3.8) is 0 Å². The summed E-state index contributed by atoms with van der Waals surface area (Å²) in [5.41, 5.74) is 0.578. The van der Waals surface area contributed by atoms with Crippen LogP contribution in [0.5, 0.6) is 0 Å². The fourth-order valence-electron chi connectivity index (χ4n) is 1.33. The molecule has 0 bridgehead atoms. The van der Waals surface area contributed by atoms with E-state index in [4.69, 9.17) is 5.26 Å². The minimum atomic E-state index is -0.858. The summed E-state index contributed by atoms with van der Waals surface area (Å²) in [4.78, 5) is 22.1. The van der Waals surface area contributed by atoms with Crippen molar-refractivity contribution < 1.29 is 14.3 Å². The molecule has 1 saturated heterocycles. The third kappa shape index (κ3) is 1.64. The van der Waals surface area contributed by atoms with Gasteiger partial charge in [-0.3, -0.25) is 10.1 Å². The number of allylic oxidation sites excluding steroid dienone is 1. The number of nitrogens with one attached hydrogen (secondary N) is 1. The van der Waals surface area contributed by atoms with E-state index >= 15 is 0 Å². The number of nitriles is 1. The number of amides is 2. The highest BCUT2D eigenvalue weighted by atomic mass is 16.6. The number of alkyl carbamates (subject to hydrolysis) is 1. The SMILES string of the molecule is N#CC(=C1OC(=O)NC1=O)c1ccccc1. The van der Waals surface area contributed by atoms with Gasteiger partial charge in [-0.25, -0.2) is 4.79 Å². The average Bonchev–Trinajstić information content (AvgIpc) is 2.61. The number of carbonyl (C=O) groups is 2. The summed E-state index contributed by atoms with van der Waals surface area (Å²) in [6.45, 7) is 0. The number of hydrogen-bond donors (Lipinski definition) is 1. The molecule has 1 aliphatic rings. The van der Waals surface area contributed by atoms with Crippen LogP contribution in [0.2, 0.25) is 0 Å². The molecule has 1 aromatic carbocycles. The first-order valence-electron chi connectivity index (χ1n) is 4.45. The summed E-state index contributed by atoms with van der Waals surface area (Å²) in [6.07, 6.45) is -0.858. The average molecular weight is 214 g/mol. The molecule has 0 aromatic heterocycles. The smallest absolute Gasteiger partial charge is 0.403 e. The van der Waals surface area contributed by atoms with Crippen molar-refractivity contribution in [3.8, 4) is 6.07 Å². The molecule has 0 radical (unpaired) electrons. The number of imide groups is 1. The van der Waals surface area contributed by atoms with E-state index in [0.717, 1.165) is 0 Å². The highest BCUT2D eigenvalue weighted by Crippen LogP contribution is 2.21. The quantitative estimate of drug-likeness (QED) is 0.562. The molecule has 1 aliphatic heterocycles. The van der Waals surface area contributed by atoms with Gasteiger partial charge in [-0.1, -0.05) is 30.3 Å². The van der Waals surface area contributed by atoms with Crippen molar-refractivity contribution in [2.75, 3.05) is 0 Å². The first kappa shape index (κ1) is 9.93. The van der Waals surface area contributed by atoms with E-state index in [2.05, 4.69) is 4.74 Å². The zero-order valence-electron chi connectivity index (χ0n) is 8.06. The van der Waals surface area contributed by atoms with Gasteiger partial charge in [0.15, 0.2) is 0 Å². The Kier molecular flexibility index (Phi) is 2.40. The van der Waals surface area contributed by atoms with E-state index < -0.39 is 12.0 Å². The summed E-state index contributed by atoms with van der Waals surface area (Å²) in [6, 6.07) is 10.4. The van der Waals surface area contributed by atoms with Crippen LogP contribution in [0.15, 0.2) is 36.1 Å². The molecule has 1 N–H and O–H groups in total. The Hall–Kier alpha value is -2.61. The lowest BCUT2D eigenvalue weighted by molar-refractivity contribution is -0.116. The molecular formula is C11H6N2O3. The fraction of sp³-hybridized carbons (Fsp3) is 0. The van der Waals surface area contributed by atoms with Crippen molar-refractivity contribution in [1.82, 2.24) is 5.32 Å². The fourth-order valence-corrected chi connectivity index (χ4v) is 1.33. The van der Waals surface area contributed by atoms with Gasteiger partial charge in [-0.05, 0) is 5.56 Å². The topological polar surface area (TPSA) is 79.2 Å². The number of rotatable bonds is 1. The zero-order valence-corrected chi connectivity index (χ0v) is 8.06. The highest BCUT2D eigenvalue weighted by Gasteiger charge is 2.30. The molecule has 2 amide bonds. The van der Waals surface area contributed by atoms with Crippen molar-refractivity contribution >= 4 is 17.6 Å². The van der Waals surface area contributed by atoms with Crippen LogP contribution in [0, 0.1) is 11.3 Å². The van der Waals surface area contributed by atoms with Crippen LogP contribution in [0.4, 0.5) is 4.79 Å². The summed E-state index contributed by atoms with van der Waals surface area (Å²) < 4.78 is 4.64. The van der Waals surface area contributed by atoms with Gasteiger partial charge in [-0.15, -0.1) is 0 Å². The van der Waals surface area contributed by atoms with Gasteiger partial charge in [0.05, 0.1) is 0 Å². The van der Waals surface area contributed by atoms with Crippen LogP contribution in [0.25, 0.3) is 5.57 Å². The standard InChI is InChI=1S/C11H6N2O3/c12-6-8(7-4-2-1-3-5-7)9-10(14)13-11(15)16-9/h1-5H,(H,13,14,15). The molecule has 0 unspecified atom stereocenters.